The van der Waals surface area contributed by atoms with Crippen molar-refractivity contribution >= 4 is 11.6 Å². The zero-order chi connectivity index (χ0) is 22.3. The normalized spacial score (nSPS) is 13.8. The lowest BCUT2D eigenvalue weighted by molar-refractivity contribution is -0.130. The molecule has 6 heteroatoms. The van der Waals surface area contributed by atoms with Gasteiger partial charge in [0.25, 0.3) is 0 Å². The van der Waals surface area contributed by atoms with Crippen LogP contribution in [0.3, 0.4) is 0 Å². The van der Waals surface area contributed by atoms with E-state index in [9.17, 15) is 4.79 Å². The largest absolute Gasteiger partial charge is 0.486 e. The number of piperidine rings is 1. The van der Waals surface area contributed by atoms with Crippen molar-refractivity contribution in [3.8, 4) is 5.75 Å². The molecule has 168 valence electrons. The van der Waals surface area contributed by atoms with Crippen LogP contribution < -0.4 is 9.64 Å². The van der Waals surface area contributed by atoms with Gasteiger partial charge >= 0.3 is 0 Å². The van der Waals surface area contributed by atoms with Gasteiger partial charge < -0.3 is 19.1 Å². The van der Waals surface area contributed by atoms with Crippen molar-refractivity contribution in [2.24, 2.45) is 7.05 Å². The second-order valence-electron chi connectivity index (χ2n) is 8.52. The minimum atomic E-state index is 0.209. The van der Waals surface area contributed by atoms with Gasteiger partial charge in [-0.3, -0.25) is 4.79 Å². The maximum atomic E-state index is 13.0. The highest BCUT2D eigenvalue weighted by atomic mass is 16.5. The number of nitrogens with zero attached hydrogens (tertiary/aromatic N) is 4. The Hall–Kier alpha value is -3.28. The number of rotatable bonds is 8. The standard InChI is InChI=1S/C26H32N4O2/c1-21-6-10-23(11-7-21)30(19-26(31)29-15-4-3-5-16-29)18-22-8-12-24(13-9-22)32-20-25-27-14-17-28(25)2/h6-14,17H,3-5,15-16,18-20H2,1-2H3. The Morgan fingerprint density at radius 1 is 1.03 bits per heavy atom. The second-order valence-corrected chi connectivity index (χ2v) is 8.52. The summed E-state index contributed by atoms with van der Waals surface area (Å²) in [5.74, 6) is 1.90. The van der Waals surface area contributed by atoms with Gasteiger partial charge in [-0.25, -0.2) is 4.98 Å². The molecule has 1 aromatic heterocycles. The minimum absolute atomic E-state index is 0.209. The molecule has 3 aromatic rings. The third-order valence-electron chi connectivity index (χ3n) is 6.02. The predicted octanol–water partition coefficient (Wildman–Crippen LogP) is 4.33. The van der Waals surface area contributed by atoms with Gasteiger partial charge in [-0.2, -0.15) is 0 Å². The summed E-state index contributed by atoms with van der Waals surface area (Å²) in [6, 6.07) is 16.5. The second kappa shape index (κ2) is 10.4. The molecule has 0 saturated carbocycles. The molecule has 1 amide bonds. The smallest absolute Gasteiger partial charge is 0.242 e. The molecule has 4 rings (SSSR count). The maximum Gasteiger partial charge on any atom is 0.242 e. The first-order chi connectivity index (χ1) is 15.6. The molecule has 6 nitrogen and oxygen atoms in total. The fourth-order valence-electron chi connectivity index (χ4n) is 4.00. The first-order valence-electron chi connectivity index (χ1n) is 11.4. The van der Waals surface area contributed by atoms with Gasteiger partial charge in [0.15, 0.2) is 0 Å². The summed E-state index contributed by atoms with van der Waals surface area (Å²) in [5, 5.41) is 0. The van der Waals surface area contributed by atoms with E-state index in [0.717, 1.165) is 48.8 Å². The lowest BCUT2D eigenvalue weighted by Gasteiger charge is -2.31. The van der Waals surface area contributed by atoms with Gasteiger partial charge in [0.2, 0.25) is 5.91 Å². The average Bonchev–Trinajstić information content (AvgIpc) is 3.24. The zero-order valence-corrected chi connectivity index (χ0v) is 19.0. The van der Waals surface area contributed by atoms with Crippen molar-refractivity contribution in [2.45, 2.75) is 39.3 Å². The Balaban J connectivity index is 1.43. The van der Waals surface area contributed by atoms with Gasteiger partial charge in [0.05, 0.1) is 6.54 Å². The molecule has 1 saturated heterocycles. The number of anilines is 1. The molecule has 2 aromatic carbocycles. The van der Waals surface area contributed by atoms with Crippen LogP contribution in [0.1, 0.15) is 36.2 Å². The quantitative estimate of drug-likeness (QED) is 0.532. The van der Waals surface area contributed by atoms with Gasteiger partial charge in [-0.15, -0.1) is 0 Å². The van der Waals surface area contributed by atoms with Gasteiger partial charge in [-0.1, -0.05) is 29.8 Å². The van der Waals surface area contributed by atoms with Crippen LogP contribution >= 0.6 is 0 Å². The first-order valence-corrected chi connectivity index (χ1v) is 11.4. The van der Waals surface area contributed by atoms with E-state index in [4.69, 9.17) is 4.74 Å². The molecule has 0 bridgehead atoms. The SMILES string of the molecule is Cc1ccc(N(CC(=O)N2CCCCC2)Cc2ccc(OCc3nccn3C)cc2)cc1. The topological polar surface area (TPSA) is 50.6 Å². The summed E-state index contributed by atoms with van der Waals surface area (Å²) in [4.78, 5) is 21.4. The molecule has 1 aliphatic heterocycles. The number of carbonyl (C=O) groups is 1. The van der Waals surface area contributed by atoms with E-state index in [1.54, 1.807) is 6.20 Å². The summed E-state index contributed by atoms with van der Waals surface area (Å²) in [6.45, 7) is 5.33. The molecule has 0 spiro atoms. The van der Waals surface area contributed by atoms with Crippen molar-refractivity contribution in [2.75, 3.05) is 24.5 Å². The van der Waals surface area contributed by atoms with Gasteiger partial charge in [0, 0.05) is 44.8 Å². The Kier molecular flexibility index (Phi) is 7.10. The third-order valence-corrected chi connectivity index (χ3v) is 6.02. The van der Waals surface area contributed by atoms with Gasteiger partial charge in [0.1, 0.15) is 18.2 Å². The number of aromatic nitrogens is 2. The summed E-state index contributed by atoms with van der Waals surface area (Å²) in [6.07, 6.45) is 7.12. The van der Waals surface area contributed by atoms with Crippen LogP contribution in [0.25, 0.3) is 0 Å². The van der Waals surface area contributed by atoms with E-state index in [-0.39, 0.29) is 5.91 Å². The van der Waals surface area contributed by atoms with Crippen LogP contribution in [0.5, 0.6) is 5.75 Å². The molecule has 1 aliphatic rings. The molecule has 1 fully saturated rings. The van der Waals surface area contributed by atoms with Crippen LogP contribution in [0.15, 0.2) is 60.9 Å². The highest BCUT2D eigenvalue weighted by molar-refractivity contribution is 5.81. The molecule has 2 heterocycles. The Morgan fingerprint density at radius 2 is 1.75 bits per heavy atom. The Labute approximate surface area is 190 Å². The predicted molar refractivity (Wildman–Crippen MR) is 127 cm³/mol. The molecular weight excluding hydrogens is 400 g/mol. The highest BCUT2D eigenvalue weighted by Gasteiger charge is 2.20. The van der Waals surface area contributed by atoms with Crippen molar-refractivity contribution < 1.29 is 9.53 Å². The monoisotopic (exact) mass is 432 g/mol. The van der Waals surface area contributed by atoms with E-state index >= 15 is 0 Å². The fraction of sp³-hybridized carbons (Fsp3) is 0.385. The summed E-state index contributed by atoms with van der Waals surface area (Å²) < 4.78 is 7.83. The number of ether oxygens (including phenoxy) is 1. The number of amides is 1. The number of hydrogen-bond acceptors (Lipinski definition) is 4. The summed E-state index contributed by atoms with van der Waals surface area (Å²) in [5.41, 5.74) is 3.42. The van der Waals surface area contributed by atoms with E-state index in [0.29, 0.717) is 19.7 Å². The molecule has 0 aliphatic carbocycles. The van der Waals surface area contributed by atoms with E-state index in [1.165, 1.54) is 12.0 Å². The molecule has 0 radical (unpaired) electrons. The highest BCUT2D eigenvalue weighted by Crippen LogP contribution is 2.21. The molecule has 0 atom stereocenters. The number of carbonyl (C=O) groups excluding carboxylic acids is 1. The van der Waals surface area contributed by atoms with Crippen LogP contribution in [-0.2, 0) is 25.0 Å². The average molecular weight is 433 g/mol. The molecule has 32 heavy (non-hydrogen) atoms. The molecule has 0 unspecified atom stereocenters. The van der Waals surface area contributed by atoms with Crippen molar-refractivity contribution in [1.82, 2.24) is 14.5 Å². The van der Waals surface area contributed by atoms with Crippen LogP contribution in [0.4, 0.5) is 5.69 Å². The van der Waals surface area contributed by atoms with E-state index < -0.39 is 0 Å². The van der Waals surface area contributed by atoms with Crippen molar-refractivity contribution in [1.29, 1.82) is 0 Å². The fourth-order valence-corrected chi connectivity index (χ4v) is 4.00. The number of likely N-dealkylation sites (tertiary alicyclic amines) is 1. The number of benzene rings is 2. The summed E-state index contributed by atoms with van der Waals surface area (Å²) >= 11 is 0. The minimum Gasteiger partial charge on any atom is -0.486 e. The van der Waals surface area contributed by atoms with E-state index in [2.05, 4.69) is 53.2 Å². The first kappa shape index (κ1) is 21.9. The van der Waals surface area contributed by atoms with Crippen LogP contribution in [0, 0.1) is 6.92 Å². The molecule has 0 N–H and O–H groups in total. The molecular formula is C26H32N4O2. The van der Waals surface area contributed by atoms with Crippen LogP contribution in [-0.4, -0.2) is 40.0 Å². The Bertz CT molecular complexity index is 1010. The maximum absolute atomic E-state index is 13.0. The zero-order valence-electron chi connectivity index (χ0n) is 19.0. The third kappa shape index (κ3) is 5.69. The lowest BCUT2D eigenvalue weighted by Crippen LogP contribution is -2.42. The summed E-state index contributed by atoms with van der Waals surface area (Å²) in [7, 11) is 1.96. The number of aryl methyl sites for hydroxylation is 2. The van der Waals surface area contributed by atoms with Gasteiger partial charge in [-0.05, 0) is 56.0 Å². The van der Waals surface area contributed by atoms with Crippen molar-refractivity contribution in [3.63, 3.8) is 0 Å². The number of hydrogen-bond donors (Lipinski definition) is 0. The van der Waals surface area contributed by atoms with Crippen LogP contribution in [0.2, 0.25) is 0 Å². The lowest BCUT2D eigenvalue weighted by atomic mass is 10.1. The number of imidazole rings is 1. The Morgan fingerprint density at radius 3 is 2.41 bits per heavy atom. The van der Waals surface area contributed by atoms with E-state index in [1.807, 2.05) is 34.8 Å². The van der Waals surface area contributed by atoms with Crippen molar-refractivity contribution in [3.05, 3.63) is 77.9 Å².